The maximum absolute atomic E-state index is 11.5. The molecule has 0 amide bonds. The van der Waals surface area contributed by atoms with Crippen molar-refractivity contribution in [2.45, 2.75) is 17.2 Å². The fraction of sp³-hybridized carbons (Fsp3) is 0.136. The maximum Gasteiger partial charge on any atom is 0.238 e. The minimum Gasteiger partial charge on any atom is -0.384 e. The van der Waals surface area contributed by atoms with Gasteiger partial charge in [0, 0.05) is 12.5 Å². The molecule has 0 saturated carbocycles. The van der Waals surface area contributed by atoms with Gasteiger partial charge in [0.15, 0.2) is 0 Å². The number of rotatable bonds is 7. The zero-order valence-corrected chi connectivity index (χ0v) is 16.1. The molecule has 28 heavy (non-hydrogen) atoms. The van der Waals surface area contributed by atoms with Gasteiger partial charge in [-0.1, -0.05) is 60.7 Å². The van der Waals surface area contributed by atoms with Gasteiger partial charge in [0.2, 0.25) is 10.0 Å². The number of nitrogens with one attached hydrogen (secondary N) is 1. The summed E-state index contributed by atoms with van der Waals surface area (Å²) in [7, 11) is -3.84. The van der Waals surface area contributed by atoms with Crippen molar-refractivity contribution in [2.75, 3.05) is 11.9 Å². The molecule has 3 aromatic rings. The molecule has 0 fully saturated rings. The minimum absolute atomic E-state index is 0.0685. The van der Waals surface area contributed by atoms with Crippen molar-refractivity contribution in [3.63, 3.8) is 0 Å². The van der Waals surface area contributed by atoms with Gasteiger partial charge >= 0.3 is 0 Å². The molecule has 0 aliphatic rings. The molecule has 0 unspecified atom stereocenters. The number of nitrogens with zero attached hydrogens (tertiary/aromatic N) is 1. The molecule has 0 saturated heterocycles. The third kappa shape index (κ3) is 4.77. The number of hydrogen-bond acceptors (Lipinski definition) is 4. The first-order valence-electron chi connectivity index (χ1n) is 8.90. The van der Waals surface area contributed by atoms with Gasteiger partial charge in [-0.05, 0) is 35.7 Å². The van der Waals surface area contributed by atoms with E-state index in [9.17, 15) is 13.7 Å². The molecule has 0 spiro atoms. The van der Waals surface area contributed by atoms with Gasteiger partial charge in [0.05, 0.1) is 16.1 Å². The molecule has 0 heterocycles. The number of nitrogens with two attached hydrogens (primary N) is 1. The standard InChI is InChI=1S/C22H21N3O2S/c23-16-19-15-20(28(24,26)27)11-12-22(19)25-14-13-21(17-7-3-1-4-8-17)18-9-5-2-6-10-18/h1-12,15,21,25H,13-14H2,(H2,24,26,27). The monoisotopic (exact) mass is 391 g/mol. The molecule has 0 aliphatic carbocycles. The van der Waals surface area contributed by atoms with Crippen molar-refractivity contribution in [3.05, 3.63) is 95.6 Å². The Bertz CT molecular complexity index is 1040. The van der Waals surface area contributed by atoms with Crippen LogP contribution in [0.4, 0.5) is 5.69 Å². The highest BCUT2D eigenvalue weighted by atomic mass is 32.2. The van der Waals surface area contributed by atoms with Crippen LogP contribution in [0, 0.1) is 11.3 Å². The molecule has 0 bridgehead atoms. The summed E-state index contributed by atoms with van der Waals surface area (Å²) < 4.78 is 23.0. The molecule has 3 N–H and O–H groups in total. The van der Waals surface area contributed by atoms with Crippen molar-refractivity contribution < 1.29 is 8.42 Å². The second-order valence-corrected chi connectivity index (χ2v) is 8.02. The van der Waals surface area contributed by atoms with Crippen LogP contribution in [-0.2, 0) is 10.0 Å². The van der Waals surface area contributed by atoms with E-state index in [4.69, 9.17) is 5.14 Å². The highest BCUT2D eigenvalue weighted by Crippen LogP contribution is 2.28. The second-order valence-electron chi connectivity index (χ2n) is 6.45. The number of primary sulfonamides is 1. The first-order valence-corrected chi connectivity index (χ1v) is 10.4. The quantitative estimate of drug-likeness (QED) is 0.639. The topological polar surface area (TPSA) is 96.0 Å². The molecule has 0 aliphatic heterocycles. The van der Waals surface area contributed by atoms with Crippen LogP contribution in [0.25, 0.3) is 0 Å². The summed E-state index contributed by atoms with van der Waals surface area (Å²) in [6.45, 7) is 0.623. The molecule has 0 atom stereocenters. The largest absolute Gasteiger partial charge is 0.384 e. The van der Waals surface area contributed by atoms with Crippen LogP contribution in [-0.4, -0.2) is 15.0 Å². The Morgan fingerprint density at radius 2 is 1.50 bits per heavy atom. The molecule has 5 nitrogen and oxygen atoms in total. The Kier molecular flexibility index (Phi) is 6.09. The zero-order valence-electron chi connectivity index (χ0n) is 15.2. The van der Waals surface area contributed by atoms with E-state index in [0.29, 0.717) is 12.2 Å². The van der Waals surface area contributed by atoms with Gasteiger partial charge in [0.1, 0.15) is 6.07 Å². The van der Waals surface area contributed by atoms with Gasteiger partial charge in [-0.25, -0.2) is 13.6 Å². The third-order valence-corrected chi connectivity index (χ3v) is 5.50. The Morgan fingerprint density at radius 3 is 2.00 bits per heavy atom. The molecule has 6 heteroatoms. The van der Waals surface area contributed by atoms with Crippen molar-refractivity contribution >= 4 is 15.7 Å². The molecular formula is C22H21N3O2S. The predicted molar refractivity (Wildman–Crippen MR) is 110 cm³/mol. The van der Waals surface area contributed by atoms with Crippen LogP contribution in [0.1, 0.15) is 29.0 Å². The highest BCUT2D eigenvalue weighted by molar-refractivity contribution is 7.89. The number of nitriles is 1. The molecule has 3 rings (SSSR count). The third-order valence-electron chi connectivity index (χ3n) is 4.59. The van der Waals surface area contributed by atoms with Crippen LogP contribution in [0.3, 0.4) is 0 Å². The Balaban J connectivity index is 1.77. The number of benzene rings is 3. The van der Waals surface area contributed by atoms with E-state index >= 15 is 0 Å². The summed E-state index contributed by atoms with van der Waals surface area (Å²) in [6.07, 6.45) is 0.815. The lowest BCUT2D eigenvalue weighted by molar-refractivity contribution is 0.598. The fourth-order valence-corrected chi connectivity index (χ4v) is 3.73. The Morgan fingerprint density at radius 1 is 0.929 bits per heavy atom. The number of sulfonamides is 1. The first-order chi connectivity index (χ1) is 13.5. The van der Waals surface area contributed by atoms with Gasteiger partial charge < -0.3 is 5.32 Å². The smallest absolute Gasteiger partial charge is 0.238 e. The summed E-state index contributed by atoms with van der Waals surface area (Å²) in [4.78, 5) is -0.0685. The maximum atomic E-state index is 11.5. The number of hydrogen-bond donors (Lipinski definition) is 2. The predicted octanol–water partition coefficient (Wildman–Crippen LogP) is 3.84. The van der Waals surface area contributed by atoms with E-state index in [2.05, 4.69) is 29.6 Å². The average Bonchev–Trinajstić information content (AvgIpc) is 2.72. The minimum atomic E-state index is -3.84. The first kappa shape index (κ1) is 19.6. The molecular weight excluding hydrogens is 370 g/mol. The molecule has 3 aromatic carbocycles. The van der Waals surface area contributed by atoms with Gasteiger partial charge in [-0.15, -0.1) is 0 Å². The zero-order chi connectivity index (χ0) is 20.0. The van der Waals surface area contributed by atoms with Crippen molar-refractivity contribution in [2.24, 2.45) is 5.14 Å². The molecule has 142 valence electrons. The van der Waals surface area contributed by atoms with Crippen LogP contribution >= 0.6 is 0 Å². The SMILES string of the molecule is N#Cc1cc(S(N)(=O)=O)ccc1NCCC(c1ccccc1)c1ccccc1. The Labute approximate surface area is 165 Å². The van der Waals surface area contributed by atoms with Crippen LogP contribution in [0.5, 0.6) is 0 Å². The van der Waals surface area contributed by atoms with Crippen molar-refractivity contribution in [1.82, 2.24) is 0 Å². The second kappa shape index (κ2) is 8.70. The van der Waals surface area contributed by atoms with Crippen LogP contribution in [0.2, 0.25) is 0 Å². The lowest BCUT2D eigenvalue weighted by Gasteiger charge is -2.19. The van der Waals surface area contributed by atoms with Crippen molar-refractivity contribution in [3.8, 4) is 6.07 Å². The van der Waals surface area contributed by atoms with Gasteiger partial charge in [-0.3, -0.25) is 0 Å². The van der Waals surface area contributed by atoms with E-state index in [0.717, 1.165) is 6.42 Å². The Hall–Kier alpha value is -3.14. The van der Waals surface area contributed by atoms with E-state index < -0.39 is 10.0 Å². The molecule has 0 aromatic heterocycles. The van der Waals surface area contributed by atoms with E-state index in [1.807, 2.05) is 42.5 Å². The number of anilines is 1. The van der Waals surface area contributed by atoms with E-state index in [1.165, 1.54) is 23.3 Å². The normalized spacial score (nSPS) is 11.2. The average molecular weight is 391 g/mol. The van der Waals surface area contributed by atoms with Crippen LogP contribution < -0.4 is 10.5 Å². The van der Waals surface area contributed by atoms with Crippen LogP contribution in [0.15, 0.2) is 83.8 Å². The lowest BCUT2D eigenvalue weighted by Crippen LogP contribution is -2.13. The van der Waals surface area contributed by atoms with E-state index in [-0.39, 0.29) is 16.4 Å². The van der Waals surface area contributed by atoms with Crippen molar-refractivity contribution in [1.29, 1.82) is 5.26 Å². The lowest BCUT2D eigenvalue weighted by atomic mass is 9.88. The van der Waals surface area contributed by atoms with Gasteiger partial charge in [0.25, 0.3) is 0 Å². The summed E-state index contributed by atoms with van der Waals surface area (Å²) in [5.74, 6) is 0.212. The van der Waals surface area contributed by atoms with E-state index in [1.54, 1.807) is 6.07 Å². The van der Waals surface area contributed by atoms with Gasteiger partial charge in [-0.2, -0.15) is 5.26 Å². The highest BCUT2D eigenvalue weighted by Gasteiger charge is 2.15. The summed E-state index contributed by atoms with van der Waals surface area (Å²) in [5, 5.41) is 17.7. The summed E-state index contributed by atoms with van der Waals surface area (Å²) in [6, 6.07) is 26.8. The fourth-order valence-electron chi connectivity index (χ4n) is 3.19. The summed E-state index contributed by atoms with van der Waals surface area (Å²) >= 11 is 0. The summed E-state index contributed by atoms with van der Waals surface area (Å²) in [5.41, 5.74) is 3.29. The molecule has 0 radical (unpaired) electrons.